The first-order chi connectivity index (χ1) is 13.5. The average Bonchev–Trinajstić information content (AvgIpc) is 3.26. The highest BCUT2D eigenvalue weighted by Gasteiger charge is 2.16. The molecule has 0 saturated heterocycles. The van der Waals surface area contributed by atoms with Gasteiger partial charge in [-0.25, -0.2) is 9.59 Å². The molecule has 0 aliphatic carbocycles. The molecule has 0 aliphatic heterocycles. The van der Waals surface area contributed by atoms with Crippen molar-refractivity contribution in [3.05, 3.63) is 53.1 Å². The van der Waals surface area contributed by atoms with E-state index < -0.39 is 23.4 Å². The Balaban J connectivity index is 1.45. The van der Waals surface area contributed by atoms with E-state index in [0.717, 1.165) is 5.39 Å². The summed E-state index contributed by atoms with van der Waals surface area (Å²) in [6.07, 6.45) is 1.74. The zero-order chi connectivity index (χ0) is 19.7. The number of aromatic nitrogens is 1. The highest BCUT2D eigenvalue weighted by molar-refractivity contribution is 5.99. The second-order valence-electron chi connectivity index (χ2n) is 5.98. The van der Waals surface area contributed by atoms with E-state index in [4.69, 9.17) is 18.4 Å². The molecule has 3 heterocycles. The van der Waals surface area contributed by atoms with Crippen molar-refractivity contribution in [3.8, 4) is 17.5 Å². The lowest BCUT2D eigenvalue weighted by Crippen LogP contribution is -2.19. The number of hydrogen-bond acceptors (Lipinski definition) is 8. The third kappa shape index (κ3) is 3.25. The highest BCUT2D eigenvalue weighted by Crippen LogP contribution is 2.35. The SMILES string of the molecule is O=C(CCCOc1c2occc2cc2ccc(=O)oc12)On1c(O)ccc1O. The molecule has 2 N–H and O–H groups in total. The maximum atomic E-state index is 11.9. The van der Waals surface area contributed by atoms with Gasteiger partial charge in [0.15, 0.2) is 11.2 Å². The number of carbonyl (C=O) groups excluding carboxylic acids is 1. The lowest BCUT2D eigenvalue weighted by atomic mass is 10.1. The van der Waals surface area contributed by atoms with Crippen LogP contribution in [0, 0.1) is 0 Å². The van der Waals surface area contributed by atoms with Crippen LogP contribution in [0.2, 0.25) is 0 Å². The van der Waals surface area contributed by atoms with Gasteiger partial charge in [0.1, 0.15) is 0 Å². The Kier molecular flexibility index (Phi) is 4.40. The molecular weight excluding hydrogens is 370 g/mol. The van der Waals surface area contributed by atoms with E-state index >= 15 is 0 Å². The number of ether oxygens (including phenoxy) is 1. The summed E-state index contributed by atoms with van der Waals surface area (Å²) in [6, 6.07) is 8.91. The van der Waals surface area contributed by atoms with Crippen LogP contribution in [0.4, 0.5) is 0 Å². The number of rotatable bonds is 6. The molecule has 4 rings (SSSR count). The monoisotopic (exact) mass is 385 g/mol. The van der Waals surface area contributed by atoms with Crippen LogP contribution < -0.4 is 15.2 Å². The van der Waals surface area contributed by atoms with Gasteiger partial charge >= 0.3 is 11.6 Å². The largest absolute Gasteiger partial charge is 0.492 e. The minimum Gasteiger partial charge on any atom is -0.492 e. The van der Waals surface area contributed by atoms with E-state index in [2.05, 4.69) is 0 Å². The predicted molar refractivity (Wildman–Crippen MR) is 96.3 cm³/mol. The third-order valence-corrected chi connectivity index (χ3v) is 4.05. The van der Waals surface area contributed by atoms with Crippen LogP contribution in [-0.2, 0) is 4.79 Å². The second-order valence-corrected chi connectivity index (χ2v) is 5.98. The van der Waals surface area contributed by atoms with E-state index in [1.165, 1.54) is 24.5 Å². The minimum absolute atomic E-state index is 0.0347. The zero-order valence-corrected chi connectivity index (χ0v) is 14.5. The van der Waals surface area contributed by atoms with E-state index in [1.807, 2.05) is 6.07 Å². The molecule has 4 aromatic rings. The van der Waals surface area contributed by atoms with Crippen LogP contribution in [0.5, 0.6) is 17.5 Å². The fourth-order valence-electron chi connectivity index (χ4n) is 2.77. The Labute approximate surface area is 156 Å². The molecule has 0 atom stereocenters. The summed E-state index contributed by atoms with van der Waals surface area (Å²) in [5.41, 5.74) is 0.185. The fourth-order valence-corrected chi connectivity index (χ4v) is 2.77. The van der Waals surface area contributed by atoms with Crippen LogP contribution in [-0.4, -0.2) is 27.5 Å². The minimum atomic E-state index is -0.669. The topological polar surface area (TPSA) is 124 Å². The van der Waals surface area contributed by atoms with Gasteiger partial charge in [-0.2, -0.15) is 0 Å². The lowest BCUT2D eigenvalue weighted by Gasteiger charge is -2.09. The van der Waals surface area contributed by atoms with E-state index in [9.17, 15) is 19.8 Å². The molecule has 0 saturated carbocycles. The first-order valence-electron chi connectivity index (χ1n) is 8.40. The molecule has 28 heavy (non-hydrogen) atoms. The van der Waals surface area contributed by atoms with Crippen molar-refractivity contribution in [2.75, 3.05) is 6.61 Å². The van der Waals surface area contributed by atoms with E-state index in [1.54, 1.807) is 12.1 Å². The van der Waals surface area contributed by atoms with Crippen LogP contribution in [0.15, 0.2) is 56.3 Å². The summed E-state index contributed by atoms with van der Waals surface area (Å²) in [5, 5.41) is 20.4. The molecule has 0 spiro atoms. The Morgan fingerprint density at radius 2 is 1.79 bits per heavy atom. The highest BCUT2D eigenvalue weighted by atomic mass is 16.7. The Morgan fingerprint density at radius 3 is 2.57 bits per heavy atom. The molecule has 1 aromatic carbocycles. The van der Waals surface area contributed by atoms with Crippen molar-refractivity contribution in [1.82, 2.24) is 4.73 Å². The van der Waals surface area contributed by atoms with Gasteiger partial charge < -0.3 is 28.6 Å². The molecule has 0 bridgehead atoms. The molecule has 9 nitrogen and oxygen atoms in total. The molecule has 0 unspecified atom stereocenters. The number of aromatic hydroxyl groups is 2. The molecule has 3 aromatic heterocycles. The van der Waals surface area contributed by atoms with E-state index in [0.29, 0.717) is 15.7 Å². The number of benzene rings is 1. The smallest absolute Gasteiger partial charge is 0.336 e. The van der Waals surface area contributed by atoms with Gasteiger partial charge in [-0.3, -0.25) is 0 Å². The van der Waals surface area contributed by atoms with Crippen molar-refractivity contribution < 1.29 is 33.4 Å². The Bertz CT molecular complexity index is 1200. The summed E-state index contributed by atoms with van der Waals surface area (Å²) in [6.45, 7) is 0.117. The van der Waals surface area contributed by atoms with Crippen LogP contribution in [0.3, 0.4) is 0 Å². The van der Waals surface area contributed by atoms with Gasteiger partial charge in [0, 0.05) is 29.0 Å². The Morgan fingerprint density at radius 1 is 1.04 bits per heavy atom. The normalized spacial score (nSPS) is 11.1. The standard InChI is InChI=1S/C19H15NO8/c21-13-4-5-14(22)20(13)28-16(24)2-1-8-25-19-17-12(7-9-26-17)10-11-3-6-15(23)27-18(11)19/h3-7,9-10,21-22H,1-2,8H2. The molecular formula is C19H15NO8. The van der Waals surface area contributed by atoms with Gasteiger partial charge in [0.2, 0.25) is 17.5 Å². The maximum Gasteiger partial charge on any atom is 0.336 e. The quantitative estimate of drug-likeness (QED) is 0.383. The fraction of sp³-hybridized carbons (Fsp3) is 0.158. The average molecular weight is 385 g/mol. The maximum absolute atomic E-state index is 11.9. The van der Waals surface area contributed by atoms with Crippen molar-refractivity contribution in [2.45, 2.75) is 12.8 Å². The van der Waals surface area contributed by atoms with Gasteiger partial charge in [-0.1, -0.05) is 0 Å². The van der Waals surface area contributed by atoms with Crippen molar-refractivity contribution in [2.24, 2.45) is 0 Å². The summed E-state index contributed by atoms with van der Waals surface area (Å²) in [5.74, 6) is -1.18. The summed E-state index contributed by atoms with van der Waals surface area (Å²) in [7, 11) is 0. The van der Waals surface area contributed by atoms with E-state index in [-0.39, 0.29) is 30.8 Å². The second kappa shape index (κ2) is 7.03. The number of carbonyl (C=O) groups is 1. The zero-order valence-electron chi connectivity index (χ0n) is 14.5. The van der Waals surface area contributed by atoms with Gasteiger partial charge in [0.05, 0.1) is 19.3 Å². The van der Waals surface area contributed by atoms with Gasteiger partial charge in [-0.05, 0) is 24.6 Å². The summed E-state index contributed by atoms with van der Waals surface area (Å²) in [4.78, 5) is 28.3. The first-order valence-corrected chi connectivity index (χ1v) is 8.40. The van der Waals surface area contributed by atoms with Crippen LogP contribution >= 0.6 is 0 Å². The molecule has 0 aliphatic rings. The molecule has 0 amide bonds. The molecule has 0 radical (unpaired) electrons. The van der Waals surface area contributed by atoms with Crippen molar-refractivity contribution >= 4 is 27.9 Å². The van der Waals surface area contributed by atoms with Crippen molar-refractivity contribution in [1.29, 1.82) is 0 Å². The predicted octanol–water partition coefficient (Wildman–Crippen LogP) is 2.57. The summed E-state index contributed by atoms with van der Waals surface area (Å²) < 4.78 is 17.0. The van der Waals surface area contributed by atoms with Crippen molar-refractivity contribution in [3.63, 3.8) is 0 Å². The molecule has 144 valence electrons. The number of furan rings is 1. The molecule has 9 heteroatoms. The van der Waals surface area contributed by atoms with Crippen LogP contribution in [0.1, 0.15) is 12.8 Å². The Hall–Kier alpha value is -3.88. The van der Waals surface area contributed by atoms with Gasteiger partial charge in [0.25, 0.3) is 0 Å². The van der Waals surface area contributed by atoms with Crippen LogP contribution in [0.25, 0.3) is 21.9 Å². The number of fused-ring (bicyclic) bond motifs is 2. The first kappa shape index (κ1) is 17.5. The lowest BCUT2D eigenvalue weighted by molar-refractivity contribution is -0.145. The van der Waals surface area contributed by atoms with Gasteiger partial charge in [-0.15, -0.1) is 4.73 Å². The summed E-state index contributed by atoms with van der Waals surface area (Å²) >= 11 is 0. The number of nitrogens with zero attached hydrogens (tertiary/aromatic N) is 1. The number of hydrogen-bond donors (Lipinski definition) is 2. The third-order valence-electron chi connectivity index (χ3n) is 4.05. The molecule has 0 fully saturated rings.